The van der Waals surface area contributed by atoms with Gasteiger partial charge in [0.05, 0.1) is 6.07 Å². The Morgan fingerprint density at radius 3 is 3.00 bits per heavy atom. The van der Waals surface area contributed by atoms with E-state index in [1.54, 1.807) is 6.08 Å². The maximum atomic E-state index is 11.6. The van der Waals surface area contributed by atoms with Gasteiger partial charge in [0.1, 0.15) is 0 Å². The van der Waals surface area contributed by atoms with E-state index in [4.69, 9.17) is 0 Å². The van der Waals surface area contributed by atoms with Crippen molar-refractivity contribution in [3.05, 3.63) is 29.1 Å². The van der Waals surface area contributed by atoms with Gasteiger partial charge >= 0.3 is 0 Å². The van der Waals surface area contributed by atoms with Crippen LogP contribution < -0.4 is 5.56 Å². The van der Waals surface area contributed by atoms with Crippen molar-refractivity contribution in [3.8, 4) is 5.88 Å². The van der Waals surface area contributed by atoms with Gasteiger partial charge in [-0.05, 0) is 6.42 Å². The first kappa shape index (κ1) is 12.8. The molecule has 5 heteroatoms. The van der Waals surface area contributed by atoms with Gasteiger partial charge in [-0.25, -0.2) is 0 Å². The molecular weight excluding hydrogens is 224 g/mol. The van der Waals surface area contributed by atoms with E-state index < -0.39 is 0 Å². The van der Waals surface area contributed by atoms with Crippen LogP contribution in [0, 0.1) is 0 Å². The van der Waals surface area contributed by atoms with Crippen LogP contribution in [-0.2, 0) is 6.54 Å². The lowest BCUT2D eigenvalue weighted by atomic mass is 10.4. The van der Waals surface area contributed by atoms with Crippen LogP contribution in [-0.4, -0.2) is 19.9 Å². The van der Waals surface area contributed by atoms with E-state index in [1.165, 1.54) is 16.3 Å². The SMILES string of the molecule is C=CCn1c(S[C@H](C)CC)nc(O)cc1=O. The number of hydrogen-bond acceptors (Lipinski definition) is 4. The summed E-state index contributed by atoms with van der Waals surface area (Å²) in [5, 5.41) is 10.2. The first-order valence-electron chi connectivity index (χ1n) is 5.16. The van der Waals surface area contributed by atoms with Crippen LogP contribution in [0.1, 0.15) is 20.3 Å². The van der Waals surface area contributed by atoms with Crippen LogP contribution in [0.3, 0.4) is 0 Å². The predicted molar refractivity (Wildman–Crippen MR) is 66.0 cm³/mol. The van der Waals surface area contributed by atoms with E-state index >= 15 is 0 Å². The highest BCUT2D eigenvalue weighted by Crippen LogP contribution is 2.23. The summed E-state index contributed by atoms with van der Waals surface area (Å²) in [5.74, 6) is -0.226. The Morgan fingerprint density at radius 1 is 1.75 bits per heavy atom. The van der Waals surface area contributed by atoms with Gasteiger partial charge in [-0.3, -0.25) is 9.36 Å². The molecule has 1 atom stereocenters. The molecule has 0 aliphatic rings. The van der Waals surface area contributed by atoms with E-state index in [2.05, 4.69) is 25.4 Å². The summed E-state index contributed by atoms with van der Waals surface area (Å²) in [4.78, 5) is 15.6. The molecule has 0 amide bonds. The number of rotatable bonds is 5. The van der Waals surface area contributed by atoms with Crippen molar-refractivity contribution < 1.29 is 5.11 Å². The maximum absolute atomic E-state index is 11.6. The highest BCUT2D eigenvalue weighted by Gasteiger charge is 2.10. The van der Waals surface area contributed by atoms with Crippen molar-refractivity contribution in [1.29, 1.82) is 0 Å². The molecular formula is C11H16N2O2S. The van der Waals surface area contributed by atoms with Gasteiger partial charge in [-0.2, -0.15) is 4.98 Å². The van der Waals surface area contributed by atoms with Crippen LogP contribution in [0.4, 0.5) is 0 Å². The Kier molecular flexibility index (Phi) is 4.61. The Morgan fingerprint density at radius 2 is 2.44 bits per heavy atom. The number of allylic oxidation sites excluding steroid dienone is 1. The molecule has 1 rings (SSSR count). The number of nitrogens with zero attached hydrogens (tertiary/aromatic N) is 2. The number of aromatic nitrogens is 2. The van der Waals surface area contributed by atoms with Crippen molar-refractivity contribution in [2.24, 2.45) is 0 Å². The van der Waals surface area contributed by atoms with Gasteiger partial charge in [-0.15, -0.1) is 6.58 Å². The van der Waals surface area contributed by atoms with E-state index in [-0.39, 0.29) is 11.4 Å². The number of aromatic hydroxyl groups is 1. The van der Waals surface area contributed by atoms with Crippen LogP contribution in [0.15, 0.2) is 28.7 Å². The molecule has 1 aromatic rings. The van der Waals surface area contributed by atoms with E-state index in [0.29, 0.717) is 17.0 Å². The van der Waals surface area contributed by atoms with Crippen molar-refractivity contribution in [2.75, 3.05) is 0 Å². The van der Waals surface area contributed by atoms with Gasteiger partial charge in [0.25, 0.3) is 5.56 Å². The molecule has 0 bridgehead atoms. The molecule has 0 aliphatic carbocycles. The zero-order valence-corrected chi connectivity index (χ0v) is 10.3. The maximum Gasteiger partial charge on any atom is 0.258 e. The summed E-state index contributed by atoms with van der Waals surface area (Å²) >= 11 is 1.48. The zero-order valence-electron chi connectivity index (χ0n) is 9.51. The van der Waals surface area contributed by atoms with E-state index in [1.807, 2.05) is 0 Å². The summed E-state index contributed by atoms with van der Waals surface area (Å²) in [6.45, 7) is 8.13. The summed E-state index contributed by atoms with van der Waals surface area (Å²) in [5.41, 5.74) is -0.252. The first-order valence-corrected chi connectivity index (χ1v) is 6.04. The van der Waals surface area contributed by atoms with Crippen molar-refractivity contribution in [2.45, 2.75) is 37.2 Å². The van der Waals surface area contributed by atoms with E-state index in [0.717, 1.165) is 12.5 Å². The zero-order chi connectivity index (χ0) is 12.1. The Hall–Kier alpha value is -1.23. The molecule has 4 nitrogen and oxygen atoms in total. The fourth-order valence-electron chi connectivity index (χ4n) is 1.12. The summed E-state index contributed by atoms with van der Waals surface area (Å²) in [7, 11) is 0. The summed E-state index contributed by atoms with van der Waals surface area (Å²) in [6, 6.07) is 1.12. The Bertz CT molecular complexity index is 428. The third-order valence-electron chi connectivity index (χ3n) is 2.15. The second-order valence-electron chi connectivity index (χ2n) is 3.47. The van der Waals surface area contributed by atoms with Gasteiger partial charge < -0.3 is 5.11 Å². The van der Waals surface area contributed by atoms with E-state index in [9.17, 15) is 9.90 Å². The third-order valence-corrected chi connectivity index (χ3v) is 3.41. The smallest absolute Gasteiger partial charge is 0.258 e. The molecule has 0 saturated carbocycles. The molecule has 1 N–H and O–H groups in total. The molecule has 0 unspecified atom stereocenters. The Labute approximate surface area is 99.0 Å². The minimum atomic E-state index is -0.252. The number of hydrogen-bond donors (Lipinski definition) is 1. The largest absolute Gasteiger partial charge is 0.493 e. The summed E-state index contributed by atoms with van der Waals surface area (Å²) in [6.07, 6.45) is 2.62. The molecule has 1 aromatic heterocycles. The van der Waals surface area contributed by atoms with Crippen molar-refractivity contribution in [1.82, 2.24) is 9.55 Å². The molecule has 16 heavy (non-hydrogen) atoms. The third kappa shape index (κ3) is 3.13. The van der Waals surface area contributed by atoms with Crippen LogP contribution >= 0.6 is 11.8 Å². The van der Waals surface area contributed by atoms with Crippen LogP contribution in [0.25, 0.3) is 0 Å². The highest BCUT2D eigenvalue weighted by molar-refractivity contribution is 7.99. The first-order chi connectivity index (χ1) is 7.58. The second kappa shape index (κ2) is 5.75. The molecule has 0 aromatic carbocycles. The molecule has 0 fully saturated rings. The van der Waals surface area contributed by atoms with Crippen molar-refractivity contribution in [3.63, 3.8) is 0 Å². The molecule has 0 saturated heterocycles. The van der Waals surface area contributed by atoms with Crippen molar-refractivity contribution >= 4 is 11.8 Å². The monoisotopic (exact) mass is 240 g/mol. The number of thioether (sulfide) groups is 1. The lowest BCUT2D eigenvalue weighted by Gasteiger charge is -2.12. The van der Waals surface area contributed by atoms with Crippen LogP contribution in [0.5, 0.6) is 5.88 Å². The lowest BCUT2D eigenvalue weighted by Crippen LogP contribution is -2.21. The minimum Gasteiger partial charge on any atom is -0.493 e. The molecule has 1 heterocycles. The topological polar surface area (TPSA) is 55.1 Å². The minimum absolute atomic E-state index is 0.226. The van der Waals surface area contributed by atoms with Crippen LogP contribution in [0.2, 0.25) is 0 Å². The standard InChI is InChI=1S/C11H16N2O2S/c1-4-6-13-10(15)7-9(14)12-11(13)16-8(3)5-2/h4,7-8,14H,1,5-6H2,2-3H3/t8-/m1/s1. The normalized spacial score (nSPS) is 12.4. The fraction of sp³-hybridized carbons (Fsp3) is 0.455. The molecule has 0 aliphatic heterocycles. The average molecular weight is 240 g/mol. The predicted octanol–water partition coefficient (Wildman–Crippen LogP) is 2.03. The highest BCUT2D eigenvalue weighted by atomic mass is 32.2. The van der Waals surface area contributed by atoms with Gasteiger partial charge in [-0.1, -0.05) is 31.7 Å². The molecule has 0 radical (unpaired) electrons. The quantitative estimate of drug-likeness (QED) is 0.486. The molecule has 88 valence electrons. The Balaban J connectivity index is 3.13. The van der Waals surface area contributed by atoms with Gasteiger partial charge in [0.15, 0.2) is 5.16 Å². The van der Waals surface area contributed by atoms with Gasteiger partial charge in [0.2, 0.25) is 5.88 Å². The lowest BCUT2D eigenvalue weighted by molar-refractivity contribution is 0.435. The molecule has 0 spiro atoms. The average Bonchev–Trinajstić information content (AvgIpc) is 2.23. The second-order valence-corrected chi connectivity index (χ2v) is 4.88. The van der Waals surface area contributed by atoms with Gasteiger partial charge in [0, 0.05) is 11.8 Å². The fourth-order valence-corrected chi connectivity index (χ4v) is 2.09. The summed E-state index contributed by atoms with van der Waals surface area (Å²) < 4.78 is 1.50.